The maximum atomic E-state index is 13.2. The second kappa shape index (κ2) is 6.94. The second-order valence-electron chi connectivity index (χ2n) is 7.16. The Hall–Kier alpha value is -1.62. The predicted molar refractivity (Wildman–Crippen MR) is 102 cm³/mol. The minimum absolute atomic E-state index is 0.114. The quantitative estimate of drug-likeness (QED) is 0.744. The molecule has 1 saturated carbocycles. The van der Waals surface area contributed by atoms with Gasteiger partial charge in [-0.15, -0.1) is 0 Å². The van der Waals surface area contributed by atoms with Crippen molar-refractivity contribution >= 4 is 21.8 Å². The molecule has 2 aromatic rings. The molecule has 5 heteroatoms. The number of rotatable bonds is 5. The van der Waals surface area contributed by atoms with Crippen LogP contribution in [-0.2, 0) is 12.8 Å². The molecule has 1 fully saturated rings. The maximum Gasteiger partial charge on any atom is 0.274 e. The summed E-state index contributed by atoms with van der Waals surface area (Å²) in [5, 5.41) is 4.80. The van der Waals surface area contributed by atoms with Crippen LogP contribution in [0.15, 0.2) is 28.7 Å². The zero-order valence-corrected chi connectivity index (χ0v) is 16.3. The Bertz CT molecular complexity index is 777. The van der Waals surface area contributed by atoms with E-state index in [-0.39, 0.29) is 5.91 Å². The molecular formula is C20H24BrN3O. The van der Waals surface area contributed by atoms with Crippen molar-refractivity contribution in [1.29, 1.82) is 0 Å². The largest absolute Gasteiger partial charge is 0.337 e. The SMILES string of the molecule is CCN(CC1CC1)C(=O)c1nn(-c2ccc(Br)cc2)c2c1CCCC2. The molecule has 4 nitrogen and oxygen atoms in total. The van der Waals surface area contributed by atoms with Crippen molar-refractivity contribution in [3.05, 3.63) is 45.7 Å². The summed E-state index contributed by atoms with van der Waals surface area (Å²) in [5.74, 6) is 0.816. The highest BCUT2D eigenvalue weighted by atomic mass is 79.9. The maximum absolute atomic E-state index is 13.2. The van der Waals surface area contributed by atoms with Gasteiger partial charge in [0.15, 0.2) is 5.69 Å². The molecule has 132 valence electrons. The van der Waals surface area contributed by atoms with Crippen molar-refractivity contribution in [1.82, 2.24) is 14.7 Å². The molecule has 0 saturated heterocycles. The van der Waals surface area contributed by atoms with E-state index >= 15 is 0 Å². The molecule has 4 rings (SSSR count). The molecule has 1 aromatic heterocycles. The molecule has 1 aromatic carbocycles. The van der Waals surface area contributed by atoms with E-state index < -0.39 is 0 Å². The highest BCUT2D eigenvalue weighted by molar-refractivity contribution is 9.10. The molecular weight excluding hydrogens is 378 g/mol. The molecule has 2 aliphatic rings. The monoisotopic (exact) mass is 401 g/mol. The average molecular weight is 402 g/mol. The molecule has 0 spiro atoms. The second-order valence-corrected chi connectivity index (χ2v) is 8.07. The lowest BCUT2D eigenvalue weighted by molar-refractivity contribution is 0.0749. The lowest BCUT2D eigenvalue weighted by Gasteiger charge is -2.20. The molecule has 0 bridgehead atoms. The van der Waals surface area contributed by atoms with Gasteiger partial charge in [-0.25, -0.2) is 4.68 Å². The van der Waals surface area contributed by atoms with E-state index in [2.05, 4.69) is 35.0 Å². The summed E-state index contributed by atoms with van der Waals surface area (Å²) >= 11 is 3.49. The summed E-state index contributed by atoms with van der Waals surface area (Å²) in [6.07, 6.45) is 6.80. The van der Waals surface area contributed by atoms with Crippen molar-refractivity contribution in [3.63, 3.8) is 0 Å². The third-order valence-electron chi connectivity index (χ3n) is 5.30. The number of hydrogen-bond donors (Lipinski definition) is 0. The molecule has 1 amide bonds. The zero-order valence-electron chi connectivity index (χ0n) is 14.7. The third-order valence-corrected chi connectivity index (χ3v) is 5.83. The Kier molecular flexibility index (Phi) is 4.67. The molecule has 1 heterocycles. The lowest BCUT2D eigenvalue weighted by atomic mass is 9.95. The van der Waals surface area contributed by atoms with E-state index in [1.54, 1.807) is 0 Å². The first-order valence-corrected chi connectivity index (χ1v) is 10.1. The van der Waals surface area contributed by atoms with Crippen LogP contribution in [0.4, 0.5) is 0 Å². The van der Waals surface area contributed by atoms with Gasteiger partial charge in [0.1, 0.15) is 0 Å². The van der Waals surface area contributed by atoms with Crippen LogP contribution in [0.1, 0.15) is 54.4 Å². The van der Waals surface area contributed by atoms with Crippen molar-refractivity contribution < 1.29 is 4.79 Å². The Balaban J connectivity index is 1.72. The Morgan fingerprint density at radius 1 is 1.24 bits per heavy atom. The van der Waals surface area contributed by atoms with E-state index in [9.17, 15) is 4.79 Å². The van der Waals surface area contributed by atoms with Crippen LogP contribution >= 0.6 is 15.9 Å². The molecule has 25 heavy (non-hydrogen) atoms. The van der Waals surface area contributed by atoms with E-state index in [0.717, 1.165) is 42.5 Å². The average Bonchev–Trinajstić information content (AvgIpc) is 3.38. The van der Waals surface area contributed by atoms with Gasteiger partial charge in [-0.2, -0.15) is 5.10 Å². The summed E-state index contributed by atoms with van der Waals surface area (Å²) in [4.78, 5) is 15.1. The van der Waals surface area contributed by atoms with Crippen LogP contribution < -0.4 is 0 Å². The van der Waals surface area contributed by atoms with Gasteiger partial charge < -0.3 is 4.90 Å². The zero-order chi connectivity index (χ0) is 17.4. The van der Waals surface area contributed by atoms with E-state index in [0.29, 0.717) is 11.6 Å². The van der Waals surface area contributed by atoms with E-state index in [1.165, 1.54) is 30.5 Å². The number of aromatic nitrogens is 2. The van der Waals surface area contributed by atoms with Crippen molar-refractivity contribution in [3.8, 4) is 5.69 Å². The smallest absolute Gasteiger partial charge is 0.274 e. The van der Waals surface area contributed by atoms with Gasteiger partial charge in [0.25, 0.3) is 5.91 Å². The topological polar surface area (TPSA) is 38.1 Å². The van der Waals surface area contributed by atoms with E-state index in [4.69, 9.17) is 5.10 Å². The Labute approximate surface area is 157 Å². The van der Waals surface area contributed by atoms with Gasteiger partial charge in [-0.1, -0.05) is 15.9 Å². The number of carbonyl (C=O) groups is 1. The summed E-state index contributed by atoms with van der Waals surface area (Å²) in [6, 6.07) is 8.17. The fraction of sp³-hybridized carbons (Fsp3) is 0.500. The molecule has 0 radical (unpaired) electrons. The number of hydrogen-bond acceptors (Lipinski definition) is 2. The number of benzene rings is 1. The molecule has 0 aliphatic heterocycles. The van der Waals surface area contributed by atoms with Gasteiger partial charge in [0, 0.05) is 28.8 Å². The van der Waals surface area contributed by atoms with Crippen LogP contribution in [0.25, 0.3) is 5.69 Å². The Morgan fingerprint density at radius 2 is 1.96 bits per heavy atom. The predicted octanol–water partition coefficient (Wildman–Crippen LogP) is 4.39. The molecule has 0 N–H and O–H groups in total. The number of fused-ring (bicyclic) bond motifs is 1. The minimum atomic E-state index is 0.114. The standard InChI is InChI=1S/C20H24BrN3O/c1-2-23(13-14-7-8-14)20(25)19-17-5-3-4-6-18(17)24(22-19)16-11-9-15(21)10-12-16/h9-12,14H,2-8,13H2,1H3. The highest BCUT2D eigenvalue weighted by Gasteiger charge is 2.31. The summed E-state index contributed by atoms with van der Waals surface area (Å²) in [5.41, 5.74) is 4.11. The van der Waals surface area contributed by atoms with Crippen LogP contribution in [0, 0.1) is 5.92 Å². The van der Waals surface area contributed by atoms with Gasteiger partial charge in [0.2, 0.25) is 0 Å². The first kappa shape index (κ1) is 16.8. The summed E-state index contributed by atoms with van der Waals surface area (Å²) < 4.78 is 3.05. The Morgan fingerprint density at radius 3 is 2.64 bits per heavy atom. The number of amides is 1. The van der Waals surface area contributed by atoms with Crippen molar-refractivity contribution in [2.24, 2.45) is 5.92 Å². The third kappa shape index (κ3) is 3.39. The normalized spacial score (nSPS) is 16.6. The molecule has 0 atom stereocenters. The minimum Gasteiger partial charge on any atom is -0.337 e. The first-order chi connectivity index (χ1) is 12.2. The summed E-state index contributed by atoms with van der Waals surface area (Å²) in [6.45, 7) is 3.71. The van der Waals surface area contributed by atoms with Crippen molar-refractivity contribution in [2.45, 2.75) is 45.4 Å². The lowest BCUT2D eigenvalue weighted by Crippen LogP contribution is -2.33. The van der Waals surface area contributed by atoms with Crippen LogP contribution in [-0.4, -0.2) is 33.7 Å². The number of carbonyl (C=O) groups excluding carboxylic acids is 1. The number of nitrogens with zero attached hydrogens (tertiary/aromatic N) is 3. The molecule has 2 aliphatic carbocycles. The number of halogens is 1. The fourth-order valence-corrected chi connectivity index (χ4v) is 3.95. The van der Waals surface area contributed by atoms with Gasteiger partial charge in [-0.3, -0.25) is 4.79 Å². The van der Waals surface area contributed by atoms with Gasteiger partial charge >= 0.3 is 0 Å². The van der Waals surface area contributed by atoms with Gasteiger partial charge in [-0.05, 0) is 75.6 Å². The fourth-order valence-electron chi connectivity index (χ4n) is 3.68. The van der Waals surface area contributed by atoms with E-state index in [1.807, 2.05) is 21.7 Å². The van der Waals surface area contributed by atoms with Crippen LogP contribution in [0.3, 0.4) is 0 Å². The van der Waals surface area contributed by atoms with Crippen LogP contribution in [0.5, 0.6) is 0 Å². The van der Waals surface area contributed by atoms with Crippen LogP contribution in [0.2, 0.25) is 0 Å². The molecule has 0 unspecified atom stereocenters. The first-order valence-electron chi connectivity index (χ1n) is 9.33. The highest BCUT2D eigenvalue weighted by Crippen LogP contribution is 2.32. The summed E-state index contributed by atoms with van der Waals surface area (Å²) in [7, 11) is 0. The van der Waals surface area contributed by atoms with Crippen molar-refractivity contribution in [2.75, 3.05) is 13.1 Å². The van der Waals surface area contributed by atoms with Gasteiger partial charge in [0.05, 0.1) is 5.69 Å².